The highest BCUT2D eigenvalue weighted by Gasteiger charge is 2.16. The number of anilines is 1. The fourth-order valence-electron chi connectivity index (χ4n) is 2.30. The number of hydrogen-bond acceptors (Lipinski definition) is 6. The van der Waals surface area contributed by atoms with Gasteiger partial charge in [0.05, 0.1) is 36.9 Å². The van der Waals surface area contributed by atoms with Crippen molar-refractivity contribution in [1.29, 1.82) is 5.26 Å². The number of aliphatic carboxylic acids is 1. The number of benzene rings is 2. The lowest BCUT2D eigenvalue weighted by Crippen LogP contribution is -2.34. The van der Waals surface area contributed by atoms with E-state index in [2.05, 4.69) is 5.32 Å². The van der Waals surface area contributed by atoms with Gasteiger partial charge in [-0.3, -0.25) is 0 Å². The third kappa shape index (κ3) is 4.64. The third-order valence-corrected chi connectivity index (χ3v) is 3.44. The molecule has 1 atom stereocenters. The second-order valence-corrected chi connectivity index (χ2v) is 5.66. The van der Waals surface area contributed by atoms with E-state index in [-0.39, 0.29) is 6.10 Å². The molecule has 0 saturated heterocycles. The lowest BCUT2D eigenvalue weighted by atomic mass is 10.1. The zero-order valence-electron chi connectivity index (χ0n) is 14.3. The molecule has 0 spiro atoms. The Labute approximate surface area is 146 Å². The van der Waals surface area contributed by atoms with E-state index < -0.39 is 12.0 Å². The van der Waals surface area contributed by atoms with Gasteiger partial charge in [-0.05, 0) is 55.8 Å². The highest BCUT2D eigenvalue weighted by atomic mass is 16.5. The van der Waals surface area contributed by atoms with E-state index >= 15 is 0 Å². The molecule has 0 saturated carbocycles. The summed E-state index contributed by atoms with van der Waals surface area (Å²) in [5, 5.41) is 23.3. The van der Waals surface area contributed by atoms with Crippen LogP contribution in [0.15, 0.2) is 42.5 Å². The predicted molar refractivity (Wildman–Crippen MR) is 91.3 cm³/mol. The number of methoxy groups -OCH3 is 1. The van der Waals surface area contributed by atoms with Crippen LogP contribution in [0.5, 0.6) is 11.5 Å². The number of nitriles is 1. The van der Waals surface area contributed by atoms with E-state index in [1.807, 2.05) is 19.9 Å². The molecular formula is C19H19N2O4-. The molecule has 2 rings (SSSR count). The smallest absolute Gasteiger partial charge is 0.161 e. The second kappa shape index (κ2) is 8.06. The van der Waals surface area contributed by atoms with Crippen molar-refractivity contribution in [3.05, 3.63) is 53.6 Å². The Morgan fingerprint density at radius 1 is 1.16 bits per heavy atom. The summed E-state index contributed by atoms with van der Waals surface area (Å²) in [6.07, 6.45) is -0.0338. The maximum atomic E-state index is 11.6. The number of ether oxygens (including phenoxy) is 2. The van der Waals surface area contributed by atoms with Crippen molar-refractivity contribution in [2.24, 2.45) is 0 Å². The average molecular weight is 339 g/mol. The molecule has 0 bridgehead atoms. The van der Waals surface area contributed by atoms with Crippen molar-refractivity contribution in [3.63, 3.8) is 0 Å². The van der Waals surface area contributed by atoms with E-state index in [9.17, 15) is 9.90 Å². The SMILES string of the molecule is COc1cc(C(Nc2ccc(C#N)cc2)C(=O)[O-])ccc1OC(C)C. The van der Waals surface area contributed by atoms with Crippen LogP contribution in [0.25, 0.3) is 0 Å². The first-order chi connectivity index (χ1) is 11.9. The summed E-state index contributed by atoms with van der Waals surface area (Å²) in [4.78, 5) is 11.6. The van der Waals surface area contributed by atoms with Crippen LogP contribution in [0, 0.1) is 11.3 Å². The van der Waals surface area contributed by atoms with Crippen molar-refractivity contribution in [3.8, 4) is 17.6 Å². The zero-order valence-corrected chi connectivity index (χ0v) is 14.3. The largest absolute Gasteiger partial charge is 0.548 e. The molecule has 0 aliphatic rings. The zero-order chi connectivity index (χ0) is 18.4. The Bertz CT molecular complexity index is 779. The summed E-state index contributed by atoms with van der Waals surface area (Å²) in [6.45, 7) is 3.79. The first kappa shape index (κ1) is 18.1. The fraction of sp³-hybridized carbons (Fsp3) is 0.263. The van der Waals surface area contributed by atoms with Gasteiger partial charge in [0.25, 0.3) is 0 Å². The fourth-order valence-corrected chi connectivity index (χ4v) is 2.30. The first-order valence-electron chi connectivity index (χ1n) is 7.76. The molecule has 0 aromatic heterocycles. The molecule has 1 unspecified atom stereocenters. The Kier molecular flexibility index (Phi) is 5.85. The first-order valence-corrected chi connectivity index (χ1v) is 7.76. The highest BCUT2D eigenvalue weighted by Crippen LogP contribution is 2.32. The normalized spacial score (nSPS) is 11.5. The number of carbonyl (C=O) groups excluding carboxylic acids is 1. The number of carboxylic acids is 1. The van der Waals surface area contributed by atoms with Gasteiger partial charge >= 0.3 is 0 Å². The molecule has 0 heterocycles. The van der Waals surface area contributed by atoms with E-state index in [1.54, 1.807) is 42.5 Å². The topological polar surface area (TPSA) is 94.4 Å². The molecule has 0 fully saturated rings. The van der Waals surface area contributed by atoms with Gasteiger partial charge in [0.15, 0.2) is 11.5 Å². The lowest BCUT2D eigenvalue weighted by molar-refractivity contribution is -0.307. The molecular weight excluding hydrogens is 320 g/mol. The molecule has 25 heavy (non-hydrogen) atoms. The summed E-state index contributed by atoms with van der Waals surface area (Å²) in [7, 11) is 1.49. The molecule has 130 valence electrons. The number of nitrogens with one attached hydrogen (secondary N) is 1. The summed E-state index contributed by atoms with van der Waals surface area (Å²) in [5.74, 6) is -0.292. The van der Waals surface area contributed by atoms with Crippen molar-refractivity contribution in [1.82, 2.24) is 0 Å². The molecule has 2 aromatic carbocycles. The molecule has 2 aromatic rings. The molecule has 0 aliphatic heterocycles. The molecule has 6 heteroatoms. The standard InChI is InChI=1S/C19H20N2O4/c1-12(2)25-16-9-6-14(10-17(16)24-3)18(19(22)23)21-15-7-4-13(11-20)5-8-15/h4-10,12,18,21H,1-3H3,(H,22,23)/p-1. The minimum atomic E-state index is -1.27. The van der Waals surface area contributed by atoms with Gasteiger partial charge in [-0.2, -0.15) is 5.26 Å². The van der Waals surface area contributed by atoms with Gasteiger partial charge in [0.1, 0.15) is 0 Å². The average Bonchev–Trinajstić information content (AvgIpc) is 2.60. The number of rotatable bonds is 7. The van der Waals surface area contributed by atoms with Gasteiger partial charge in [-0.1, -0.05) is 6.07 Å². The van der Waals surface area contributed by atoms with E-state index in [4.69, 9.17) is 14.7 Å². The van der Waals surface area contributed by atoms with Gasteiger partial charge in [0.2, 0.25) is 0 Å². The maximum Gasteiger partial charge on any atom is 0.161 e. The van der Waals surface area contributed by atoms with Crippen LogP contribution in [0.1, 0.15) is 31.0 Å². The molecule has 6 nitrogen and oxygen atoms in total. The van der Waals surface area contributed by atoms with E-state index in [1.165, 1.54) is 7.11 Å². The van der Waals surface area contributed by atoms with Crippen molar-refractivity contribution >= 4 is 11.7 Å². The minimum Gasteiger partial charge on any atom is -0.548 e. The van der Waals surface area contributed by atoms with Crippen LogP contribution < -0.4 is 19.9 Å². The van der Waals surface area contributed by atoms with Crippen molar-refractivity contribution in [2.45, 2.75) is 26.0 Å². The van der Waals surface area contributed by atoms with Crippen LogP contribution in [-0.4, -0.2) is 19.2 Å². The monoisotopic (exact) mass is 339 g/mol. The lowest BCUT2D eigenvalue weighted by Gasteiger charge is -2.23. The Balaban J connectivity index is 2.30. The predicted octanol–water partition coefficient (Wildman–Crippen LogP) is 2.26. The van der Waals surface area contributed by atoms with Gasteiger partial charge < -0.3 is 24.7 Å². The number of carbonyl (C=O) groups is 1. The molecule has 1 N–H and O–H groups in total. The summed E-state index contributed by atoms with van der Waals surface area (Å²) in [5.41, 5.74) is 1.53. The quantitative estimate of drug-likeness (QED) is 0.831. The molecule has 0 aliphatic carbocycles. The van der Waals surface area contributed by atoms with Crippen LogP contribution >= 0.6 is 0 Å². The maximum absolute atomic E-state index is 11.6. The van der Waals surface area contributed by atoms with Crippen LogP contribution in [-0.2, 0) is 4.79 Å². The second-order valence-electron chi connectivity index (χ2n) is 5.66. The van der Waals surface area contributed by atoms with Crippen LogP contribution in [0.3, 0.4) is 0 Å². The van der Waals surface area contributed by atoms with Gasteiger partial charge in [-0.25, -0.2) is 0 Å². The van der Waals surface area contributed by atoms with Crippen LogP contribution in [0.2, 0.25) is 0 Å². The third-order valence-electron chi connectivity index (χ3n) is 3.44. The number of carboxylic acid groups (broad SMARTS) is 1. The Morgan fingerprint density at radius 2 is 1.84 bits per heavy atom. The number of nitrogens with zero attached hydrogens (tertiary/aromatic N) is 1. The van der Waals surface area contributed by atoms with Gasteiger partial charge in [-0.15, -0.1) is 0 Å². The highest BCUT2D eigenvalue weighted by molar-refractivity contribution is 5.78. The van der Waals surface area contributed by atoms with Crippen LogP contribution in [0.4, 0.5) is 5.69 Å². The van der Waals surface area contributed by atoms with Gasteiger partial charge in [0, 0.05) is 5.69 Å². The summed E-state index contributed by atoms with van der Waals surface area (Å²) < 4.78 is 10.9. The summed E-state index contributed by atoms with van der Waals surface area (Å²) >= 11 is 0. The Morgan fingerprint density at radius 3 is 2.36 bits per heavy atom. The molecule has 0 radical (unpaired) electrons. The van der Waals surface area contributed by atoms with E-state index in [0.717, 1.165) is 0 Å². The van der Waals surface area contributed by atoms with Crippen molar-refractivity contribution in [2.75, 3.05) is 12.4 Å². The molecule has 0 amide bonds. The number of hydrogen-bond donors (Lipinski definition) is 1. The Hall–Kier alpha value is -3.20. The summed E-state index contributed by atoms with van der Waals surface area (Å²) in [6, 6.07) is 12.4. The van der Waals surface area contributed by atoms with Crippen molar-refractivity contribution < 1.29 is 19.4 Å². The minimum absolute atomic E-state index is 0.0338. The van der Waals surface area contributed by atoms with E-state index in [0.29, 0.717) is 28.3 Å².